The fourth-order valence-corrected chi connectivity index (χ4v) is 5.57. The number of rotatable bonds is 6. The number of aryl methyl sites for hydroxylation is 1. The zero-order valence-corrected chi connectivity index (χ0v) is 29.6. The van der Waals surface area contributed by atoms with Gasteiger partial charge < -0.3 is 24.4 Å². The first-order chi connectivity index (χ1) is 25.4. The van der Waals surface area contributed by atoms with Crippen LogP contribution in [-0.4, -0.2) is 95.3 Å². The van der Waals surface area contributed by atoms with E-state index in [2.05, 4.69) is 49.0 Å². The summed E-state index contributed by atoms with van der Waals surface area (Å²) in [7, 11) is -1.00. The molecule has 1 amide bonds. The Balaban J connectivity index is 0.000000197. The lowest BCUT2D eigenvalue weighted by atomic mass is 10.1. The van der Waals surface area contributed by atoms with Gasteiger partial charge in [-0.05, 0) is 82.3 Å². The number of nitrogens with one attached hydrogen (secondary N) is 1. The average Bonchev–Trinajstić information content (AvgIpc) is 3.47. The summed E-state index contributed by atoms with van der Waals surface area (Å²) in [6.45, 7) is 9.88. The Morgan fingerprint density at radius 1 is 0.885 bits per heavy atom. The van der Waals surface area contributed by atoms with E-state index in [1.54, 1.807) is 45.2 Å². The maximum Gasteiger partial charge on any atom is 0.704 e. The summed E-state index contributed by atoms with van der Waals surface area (Å²) in [5.41, 5.74) is 4.25. The SMILES string of the molecule is C1=[N+]2CC[N+]3=Cc4ccccc4OC23Oc2ccccc21.Cc1ccc(O)c(C=NCCN=Cc2cc(NC(=O)OC(C)(C)C)ccc2O)c1.[2H]CF. The maximum atomic E-state index is 11.9. The van der Waals surface area contributed by atoms with Crippen molar-refractivity contribution in [3.8, 4) is 23.0 Å². The summed E-state index contributed by atoms with van der Waals surface area (Å²) in [5.74, 6) is 1.95. The second kappa shape index (κ2) is 16.3. The number of amides is 1. The molecule has 0 bridgehead atoms. The topological polar surface area (TPSA) is 128 Å². The number of carbonyl (C=O) groups is 1. The number of halogens is 1. The lowest BCUT2D eigenvalue weighted by Gasteiger charge is -2.26. The fraction of sp³-hybridized carbons (Fsp3) is 0.275. The van der Waals surface area contributed by atoms with Crippen LogP contribution in [0.3, 0.4) is 0 Å². The molecule has 4 aromatic carbocycles. The number of carbonyl (C=O) groups excluding carboxylic acids is 1. The standard InChI is InChI=1S/C22H27N3O4.C17H14N2O2.CH3F/c1-15-5-7-19(26)16(11-15)13-23-9-10-24-14-17-12-18(6-8-20(17)27)25-21(28)29-22(2,3)4;1-3-7-15-13(5-1)11-18-9-10-19-12-14-6-2-4-8-16(14)21-17(18,19)20-15;1-2/h5-8,11-14,26-27H,9-10H2,1-4H3,(H,25,28);1-8,11-12H,9-10H2;1H3/q;+2;/i;;1D. The van der Waals surface area contributed by atoms with Gasteiger partial charge in [-0.15, -0.1) is 0 Å². The molecule has 270 valence electrons. The smallest absolute Gasteiger partial charge is 0.507 e. The van der Waals surface area contributed by atoms with Crippen molar-refractivity contribution in [2.75, 3.05) is 38.6 Å². The summed E-state index contributed by atoms with van der Waals surface area (Å²) in [6.07, 6.45) is 6.82. The molecular formula is C40H44FN5O6+2. The molecule has 4 aromatic rings. The molecule has 0 radical (unpaired) electrons. The van der Waals surface area contributed by atoms with E-state index in [-0.39, 0.29) is 11.5 Å². The minimum absolute atomic E-state index is 0.0525. The molecule has 1 spiro atoms. The Morgan fingerprint density at radius 2 is 1.38 bits per heavy atom. The quantitative estimate of drug-likeness (QED) is 0.0904. The second-order valence-corrected chi connectivity index (χ2v) is 13.0. The highest BCUT2D eigenvalue weighted by molar-refractivity contribution is 5.90. The normalized spacial score (nSPS) is 15.0. The largest absolute Gasteiger partial charge is 0.704 e. The Kier molecular flexibility index (Phi) is 11.2. The molecular weight excluding hydrogens is 665 g/mol. The number of aromatic hydroxyl groups is 2. The highest BCUT2D eigenvalue weighted by atomic mass is 19.1. The zero-order valence-electron chi connectivity index (χ0n) is 30.6. The van der Waals surface area contributed by atoms with Crippen LogP contribution in [-0.2, 0) is 4.74 Å². The van der Waals surface area contributed by atoms with Gasteiger partial charge in [0.15, 0.2) is 23.9 Å². The van der Waals surface area contributed by atoms with E-state index in [9.17, 15) is 19.4 Å². The van der Waals surface area contributed by atoms with Crippen molar-refractivity contribution in [1.29, 1.82) is 0 Å². The number of phenolic OH excluding ortho intramolecular Hbond substituents is 2. The molecule has 12 heteroatoms. The number of hydrogen-bond donors (Lipinski definition) is 3. The van der Waals surface area contributed by atoms with Gasteiger partial charge in [0.25, 0.3) is 0 Å². The summed E-state index contributed by atoms with van der Waals surface area (Å²) < 4.78 is 37.5. The van der Waals surface area contributed by atoms with E-state index in [0.717, 1.165) is 41.3 Å². The van der Waals surface area contributed by atoms with E-state index in [0.29, 0.717) is 29.9 Å². The number of phenols is 2. The van der Waals surface area contributed by atoms with Gasteiger partial charge in [-0.25, -0.2) is 4.79 Å². The fourth-order valence-electron chi connectivity index (χ4n) is 5.57. The minimum Gasteiger partial charge on any atom is -0.507 e. The van der Waals surface area contributed by atoms with Crippen LogP contribution in [0.4, 0.5) is 14.9 Å². The van der Waals surface area contributed by atoms with Crippen LogP contribution in [0, 0.1) is 6.92 Å². The number of anilines is 1. The van der Waals surface area contributed by atoms with Gasteiger partial charge in [-0.1, -0.05) is 45.0 Å². The van der Waals surface area contributed by atoms with Crippen molar-refractivity contribution in [2.24, 2.45) is 9.98 Å². The Morgan fingerprint density at radius 3 is 1.92 bits per heavy atom. The summed E-state index contributed by atoms with van der Waals surface area (Å²) in [5, 5.41) is 22.4. The van der Waals surface area contributed by atoms with Crippen molar-refractivity contribution in [1.82, 2.24) is 0 Å². The van der Waals surface area contributed by atoms with Gasteiger partial charge in [0.05, 0.1) is 32.7 Å². The monoisotopic (exact) mass is 710 g/mol. The molecule has 1 saturated heterocycles. The average molecular weight is 711 g/mol. The van der Waals surface area contributed by atoms with Gasteiger partial charge in [0.1, 0.15) is 17.1 Å². The number of benzene rings is 4. The first-order valence-corrected chi connectivity index (χ1v) is 16.7. The van der Waals surface area contributed by atoms with Crippen LogP contribution in [0.15, 0.2) is 94.9 Å². The van der Waals surface area contributed by atoms with E-state index in [4.69, 9.17) is 15.6 Å². The number of ether oxygens (including phenoxy) is 3. The van der Waals surface area contributed by atoms with Crippen molar-refractivity contribution >= 4 is 36.6 Å². The van der Waals surface area contributed by atoms with Crippen LogP contribution < -0.4 is 14.8 Å². The predicted molar refractivity (Wildman–Crippen MR) is 200 cm³/mol. The molecule has 0 saturated carbocycles. The van der Waals surface area contributed by atoms with Gasteiger partial charge in [-0.3, -0.25) is 19.7 Å². The highest BCUT2D eigenvalue weighted by Gasteiger charge is 2.68. The highest BCUT2D eigenvalue weighted by Crippen LogP contribution is 2.36. The molecule has 11 nitrogen and oxygen atoms in total. The number of para-hydroxylation sites is 2. The van der Waals surface area contributed by atoms with Crippen LogP contribution >= 0.6 is 0 Å². The number of aliphatic imine (C=N–C) groups is 2. The Labute approximate surface area is 304 Å². The van der Waals surface area contributed by atoms with E-state index < -0.39 is 24.9 Å². The van der Waals surface area contributed by atoms with Gasteiger partial charge >= 0.3 is 12.1 Å². The number of alkyl halides is 1. The lowest BCUT2D eigenvalue weighted by molar-refractivity contribution is -0.855. The minimum atomic E-state index is -1.00. The summed E-state index contributed by atoms with van der Waals surface area (Å²) in [6, 6.07) is 25.2. The van der Waals surface area contributed by atoms with E-state index in [1.165, 1.54) is 12.3 Å². The molecule has 7 rings (SSSR count). The molecule has 0 unspecified atom stereocenters. The molecule has 3 aliphatic heterocycles. The number of fused-ring (bicyclic) bond motifs is 2. The molecule has 3 N–H and O–H groups in total. The molecule has 3 aliphatic rings. The lowest BCUT2D eigenvalue weighted by Crippen LogP contribution is -2.59. The van der Waals surface area contributed by atoms with Crippen LogP contribution in [0.5, 0.6) is 23.0 Å². The Bertz CT molecular complexity index is 1990. The number of nitrogens with zero attached hydrogens (tertiary/aromatic N) is 4. The third-order valence-corrected chi connectivity index (χ3v) is 7.90. The second-order valence-electron chi connectivity index (χ2n) is 13.0. The van der Waals surface area contributed by atoms with Crippen molar-refractivity contribution in [2.45, 2.75) is 39.3 Å². The molecule has 0 aliphatic carbocycles. The molecule has 52 heavy (non-hydrogen) atoms. The van der Waals surface area contributed by atoms with Crippen molar-refractivity contribution < 1.29 is 44.1 Å². The predicted octanol–water partition coefficient (Wildman–Crippen LogP) is 6.54. The molecule has 3 heterocycles. The summed E-state index contributed by atoms with van der Waals surface area (Å²) >= 11 is 0. The number of hydrogen-bond acceptors (Lipinski definition) is 8. The first-order valence-electron chi connectivity index (χ1n) is 17.4. The van der Waals surface area contributed by atoms with Gasteiger partial charge in [-0.2, -0.15) is 0 Å². The molecule has 0 aromatic heterocycles. The van der Waals surface area contributed by atoms with Gasteiger partial charge in [0, 0.05) is 29.2 Å². The Hall–Kier alpha value is -6.04. The maximum absolute atomic E-state index is 11.9. The van der Waals surface area contributed by atoms with Gasteiger partial charge in [0.2, 0.25) is 13.1 Å². The van der Waals surface area contributed by atoms with E-state index >= 15 is 0 Å². The molecule has 0 atom stereocenters. The van der Waals surface area contributed by atoms with Crippen LogP contribution in [0.25, 0.3) is 0 Å². The van der Waals surface area contributed by atoms with Crippen molar-refractivity contribution in [3.05, 3.63) is 113 Å². The first kappa shape index (κ1) is 35.8. The van der Waals surface area contributed by atoms with Crippen LogP contribution in [0.2, 0.25) is 0 Å². The van der Waals surface area contributed by atoms with Crippen LogP contribution in [0.1, 0.15) is 50.0 Å². The van der Waals surface area contributed by atoms with Crippen molar-refractivity contribution in [3.63, 3.8) is 0 Å². The molecule has 1 fully saturated rings. The third-order valence-electron chi connectivity index (χ3n) is 7.90. The zero-order chi connectivity index (χ0) is 38.0. The summed E-state index contributed by atoms with van der Waals surface area (Å²) in [4.78, 5) is 20.4. The third kappa shape index (κ3) is 9.00. The van der Waals surface area contributed by atoms with E-state index in [1.807, 2.05) is 55.5 Å².